The first-order valence-electron chi connectivity index (χ1n) is 13.0. The highest BCUT2D eigenvalue weighted by Gasteiger charge is 2.46. The van der Waals surface area contributed by atoms with Gasteiger partial charge >= 0.3 is 6.18 Å². The zero-order valence-electron chi connectivity index (χ0n) is 20.7. The van der Waals surface area contributed by atoms with Crippen molar-refractivity contribution in [2.24, 2.45) is 11.8 Å². The van der Waals surface area contributed by atoms with Gasteiger partial charge in [0.1, 0.15) is 5.82 Å². The van der Waals surface area contributed by atoms with Gasteiger partial charge in [0.2, 0.25) is 5.91 Å². The Morgan fingerprint density at radius 2 is 2.08 bits per heavy atom. The van der Waals surface area contributed by atoms with E-state index in [0.717, 1.165) is 30.8 Å². The van der Waals surface area contributed by atoms with E-state index in [1.165, 1.54) is 5.57 Å². The van der Waals surface area contributed by atoms with E-state index < -0.39 is 18.3 Å². The number of pyridine rings is 1. The lowest BCUT2D eigenvalue weighted by Crippen LogP contribution is -2.58. The molecule has 9 heteroatoms. The highest BCUT2D eigenvalue weighted by Crippen LogP contribution is 2.40. The van der Waals surface area contributed by atoms with Gasteiger partial charge in [-0.2, -0.15) is 13.2 Å². The molecule has 196 valence electrons. The minimum Gasteiger partial charge on any atom is -0.381 e. The number of carbonyl (C=O) groups excluding carboxylic acids is 1. The Labute approximate surface area is 210 Å². The SMILES string of the molecule is CC12C=C([C@H]3CCCOC3)C=CC1Nc1ncccc1CN2C(=O)C1CCC(NCC(F)(F)F)CC1. The average Bonchev–Trinajstić information content (AvgIpc) is 3.01. The highest BCUT2D eigenvalue weighted by molar-refractivity contribution is 5.81. The normalized spacial score (nSPS) is 32.6. The van der Waals surface area contributed by atoms with Crippen LogP contribution in [-0.2, 0) is 16.1 Å². The molecule has 0 aromatic carbocycles. The molecule has 0 radical (unpaired) electrons. The molecule has 2 unspecified atom stereocenters. The third-order valence-corrected chi connectivity index (χ3v) is 8.23. The van der Waals surface area contributed by atoms with E-state index in [2.05, 4.69) is 40.8 Å². The molecule has 0 bridgehead atoms. The fourth-order valence-electron chi connectivity index (χ4n) is 6.10. The molecule has 4 aliphatic rings. The number of aromatic nitrogens is 1. The van der Waals surface area contributed by atoms with Crippen LogP contribution in [0.4, 0.5) is 19.0 Å². The van der Waals surface area contributed by atoms with Crippen molar-refractivity contribution in [2.75, 3.05) is 25.1 Å². The topological polar surface area (TPSA) is 66.5 Å². The van der Waals surface area contributed by atoms with Crippen molar-refractivity contribution in [3.05, 3.63) is 47.7 Å². The van der Waals surface area contributed by atoms with Crippen LogP contribution in [0.5, 0.6) is 0 Å². The Balaban J connectivity index is 1.38. The second-order valence-corrected chi connectivity index (χ2v) is 10.7. The molecule has 2 fully saturated rings. The Kier molecular flexibility index (Phi) is 7.14. The quantitative estimate of drug-likeness (QED) is 0.628. The number of rotatable bonds is 4. The molecule has 3 heterocycles. The summed E-state index contributed by atoms with van der Waals surface area (Å²) in [4.78, 5) is 20.6. The molecule has 2 N–H and O–H groups in total. The Morgan fingerprint density at radius 3 is 2.81 bits per heavy atom. The number of nitrogens with zero attached hydrogens (tertiary/aromatic N) is 2. The van der Waals surface area contributed by atoms with Crippen LogP contribution in [0.1, 0.15) is 51.0 Å². The fourth-order valence-corrected chi connectivity index (χ4v) is 6.10. The summed E-state index contributed by atoms with van der Waals surface area (Å²) in [7, 11) is 0. The van der Waals surface area contributed by atoms with Gasteiger partial charge in [-0.05, 0) is 57.1 Å². The maximum atomic E-state index is 14.1. The smallest absolute Gasteiger partial charge is 0.381 e. The van der Waals surface area contributed by atoms with Gasteiger partial charge in [-0.3, -0.25) is 4.79 Å². The van der Waals surface area contributed by atoms with E-state index >= 15 is 0 Å². The minimum atomic E-state index is -4.22. The molecule has 36 heavy (non-hydrogen) atoms. The number of hydrogen-bond donors (Lipinski definition) is 2. The minimum absolute atomic E-state index is 0.0704. The molecule has 2 aliphatic heterocycles. The molecule has 1 aromatic heterocycles. The molecule has 1 saturated carbocycles. The molecule has 1 amide bonds. The second kappa shape index (κ2) is 10.2. The summed E-state index contributed by atoms with van der Waals surface area (Å²) < 4.78 is 43.6. The lowest BCUT2D eigenvalue weighted by Gasteiger charge is -2.46. The van der Waals surface area contributed by atoms with Gasteiger partial charge in [0.05, 0.1) is 31.3 Å². The van der Waals surface area contributed by atoms with Crippen LogP contribution >= 0.6 is 0 Å². The number of alkyl halides is 3. The number of anilines is 1. The molecule has 5 rings (SSSR count). The van der Waals surface area contributed by atoms with Gasteiger partial charge < -0.3 is 20.3 Å². The van der Waals surface area contributed by atoms with Gasteiger partial charge in [-0.25, -0.2) is 4.98 Å². The summed E-state index contributed by atoms with van der Waals surface area (Å²) in [6, 6.07) is 3.53. The van der Waals surface area contributed by atoms with E-state index in [-0.39, 0.29) is 23.9 Å². The number of hydrogen-bond acceptors (Lipinski definition) is 5. The van der Waals surface area contributed by atoms with Crippen LogP contribution in [0.2, 0.25) is 0 Å². The van der Waals surface area contributed by atoms with Gasteiger partial charge in [-0.15, -0.1) is 0 Å². The van der Waals surface area contributed by atoms with Crippen molar-refractivity contribution >= 4 is 11.7 Å². The van der Waals surface area contributed by atoms with E-state index in [9.17, 15) is 18.0 Å². The van der Waals surface area contributed by atoms with Crippen molar-refractivity contribution in [3.63, 3.8) is 0 Å². The van der Waals surface area contributed by atoms with Crippen LogP contribution in [0.15, 0.2) is 42.1 Å². The third kappa shape index (κ3) is 5.32. The predicted molar refractivity (Wildman–Crippen MR) is 131 cm³/mol. The maximum absolute atomic E-state index is 14.1. The number of allylic oxidation sites excluding steroid dienone is 1. The summed E-state index contributed by atoms with van der Waals surface area (Å²) in [5, 5.41) is 6.19. The number of amides is 1. The number of carbonyl (C=O) groups is 1. The van der Waals surface area contributed by atoms with Gasteiger partial charge in [0.15, 0.2) is 0 Å². The summed E-state index contributed by atoms with van der Waals surface area (Å²) in [6.07, 6.45) is 8.47. The Bertz CT molecular complexity index is 1010. The zero-order valence-corrected chi connectivity index (χ0v) is 20.7. The number of halogens is 3. The zero-order chi connectivity index (χ0) is 25.3. The first-order chi connectivity index (χ1) is 17.2. The van der Waals surface area contributed by atoms with Crippen molar-refractivity contribution in [1.82, 2.24) is 15.2 Å². The van der Waals surface area contributed by atoms with Crippen LogP contribution in [0.25, 0.3) is 0 Å². The number of ether oxygens (including phenoxy) is 1. The van der Waals surface area contributed by atoms with Crippen molar-refractivity contribution < 1.29 is 22.7 Å². The molecule has 1 aromatic rings. The predicted octanol–water partition coefficient (Wildman–Crippen LogP) is 4.60. The Hall–Kier alpha value is -2.39. The van der Waals surface area contributed by atoms with E-state index in [4.69, 9.17) is 4.74 Å². The molecule has 1 saturated heterocycles. The molecule has 3 atom stereocenters. The summed E-state index contributed by atoms with van der Waals surface area (Å²) >= 11 is 0. The van der Waals surface area contributed by atoms with Crippen LogP contribution in [-0.4, -0.2) is 59.3 Å². The summed E-state index contributed by atoms with van der Waals surface area (Å²) in [6.45, 7) is 3.05. The Morgan fingerprint density at radius 1 is 1.28 bits per heavy atom. The number of nitrogens with one attached hydrogen (secondary N) is 2. The number of fused-ring (bicyclic) bond motifs is 2. The first-order valence-corrected chi connectivity index (χ1v) is 13.0. The van der Waals surface area contributed by atoms with Crippen LogP contribution in [0.3, 0.4) is 0 Å². The van der Waals surface area contributed by atoms with Crippen LogP contribution < -0.4 is 10.6 Å². The molecular formula is C27H35F3N4O2. The lowest BCUT2D eigenvalue weighted by molar-refractivity contribution is -0.142. The molecule has 2 aliphatic carbocycles. The van der Waals surface area contributed by atoms with Crippen molar-refractivity contribution in [1.29, 1.82) is 0 Å². The monoisotopic (exact) mass is 504 g/mol. The fraction of sp³-hybridized carbons (Fsp3) is 0.630. The first kappa shape index (κ1) is 25.3. The van der Waals surface area contributed by atoms with Gasteiger partial charge in [-0.1, -0.05) is 24.3 Å². The molecular weight excluding hydrogens is 469 g/mol. The maximum Gasteiger partial charge on any atom is 0.401 e. The van der Waals surface area contributed by atoms with Crippen molar-refractivity contribution in [3.8, 4) is 0 Å². The standard InChI is InChI=1S/C27H35F3N4O2/c1-26-14-19(21-5-3-13-36-16-21)8-11-23(26)33-24-20(4-2-12-31-24)15-34(26)25(35)18-6-9-22(10-7-18)32-17-27(28,29)30/h2,4,8,11-12,14,18,21-23,32H,3,5-7,9-10,13,15-17H2,1H3,(H,31,33)/t18?,21-,22?,23?,26?/m0/s1. The summed E-state index contributed by atoms with van der Waals surface area (Å²) in [5.74, 6) is 0.960. The van der Waals surface area contributed by atoms with Gasteiger partial charge in [0, 0.05) is 36.2 Å². The van der Waals surface area contributed by atoms with E-state index in [0.29, 0.717) is 44.8 Å². The average molecular weight is 505 g/mol. The van der Waals surface area contributed by atoms with E-state index in [1.807, 2.05) is 17.0 Å². The van der Waals surface area contributed by atoms with Crippen molar-refractivity contribution in [2.45, 2.75) is 75.8 Å². The second-order valence-electron chi connectivity index (χ2n) is 10.7. The molecule has 6 nitrogen and oxygen atoms in total. The van der Waals surface area contributed by atoms with E-state index in [1.54, 1.807) is 6.20 Å². The van der Waals surface area contributed by atoms with Crippen LogP contribution in [0, 0.1) is 11.8 Å². The third-order valence-electron chi connectivity index (χ3n) is 8.23. The van der Waals surface area contributed by atoms with Gasteiger partial charge in [0.25, 0.3) is 0 Å². The lowest BCUT2D eigenvalue weighted by atomic mass is 9.78. The highest BCUT2D eigenvalue weighted by atomic mass is 19.4. The largest absolute Gasteiger partial charge is 0.401 e. The summed E-state index contributed by atoms with van der Waals surface area (Å²) in [5.41, 5.74) is 1.56. The molecule has 0 spiro atoms.